The summed E-state index contributed by atoms with van der Waals surface area (Å²) in [5.41, 5.74) is 1.86. The van der Waals surface area contributed by atoms with Crippen molar-refractivity contribution in [2.75, 3.05) is 11.4 Å². The third-order valence-electron chi connectivity index (χ3n) is 5.52. The van der Waals surface area contributed by atoms with Crippen molar-refractivity contribution in [1.29, 1.82) is 0 Å². The first kappa shape index (κ1) is 18.3. The van der Waals surface area contributed by atoms with Gasteiger partial charge in [0.15, 0.2) is 0 Å². The Morgan fingerprint density at radius 2 is 2.04 bits per heavy atom. The molecule has 1 aromatic carbocycles. The van der Waals surface area contributed by atoms with Crippen molar-refractivity contribution in [3.8, 4) is 0 Å². The van der Waals surface area contributed by atoms with Gasteiger partial charge in [0.25, 0.3) is 0 Å². The Morgan fingerprint density at radius 1 is 1.26 bits per heavy atom. The van der Waals surface area contributed by atoms with Crippen LogP contribution >= 0.6 is 11.3 Å². The SMILES string of the molecule is CC(C)(O)c1cc2nc(C3CCC(C=O)CC3)sc2cc1N1C=CN=CC1. The summed E-state index contributed by atoms with van der Waals surface area (Å²) in [6.07, 6.45) is 10.7. The van der Waals surface area contributed by atoms with Gasteiger partial charge in [0.2, 0.25) is 0 Å². The van der Waals surface area contributed by atoms with E-state index in [1.54, 1.807) is 17.5 Å². The Hall–Kier alpha value is -2.05. The first-order valence-electron chi connectivity index (χ1n) is 9.53. The van der Waals surface area contributed by atoms with E-state index in [9.17, 15) is 9.90 Å². The van der Waals surface area contributed by atoms with Gasteiger partial charge in [-0.3, -0.25) is 4.99 Å². The van der Waals surface area contributed by atoms with Crippen LogP contribution in [-0.4, -0.2) is 29.1 Å². The molecule has 2 aromatic rings. The predicted octanol–water partition coefficient (Wildman–Crippen LogP) is 4.36. The first-order valence-corrected chi connectivity index (χ1v) is 10.3. The third-order valence-corrected chi connectivity index (χ3v) is 6.70. The second kappa shape index (κ2) is 7.17. The monoisotopic (exact) mass is 383 g/mol. The molecule has 5 nitrogen and oxygen atoms in total. The van der Waals surface area contributed by atoms with Gasteiger partial charge >= 0.3 is 0 Å². The Labute approximate surface area is 163 Å². The van der Waals surface area contributed by atoms with E-state index in [1.807, 2.05) is 32.3 Å². The van der Waals surface area contributed by atoms with Crippen LogP contribution in [0.2, 0.25) is 0 Å². The maximum Gasteiger partial charge on any atom is 0.123 e. The number of nitrogens with zero attached hydrogens (tertiary/aromatic N) is 3. The quantitative estimate of drug-likeness (QED) is 0.797. The first-order chi connectivity index (χ1) is 13.0. The van der Waals surface area contributed by atoms with Crippen molar-refractivity contribution in [2.45, 2.75) is 51.0 Å². The van der Waals surface area contributed by atoms with Gasteiger partial charge in [-0.25, -0.2) is 4.98 Å². The lowest BCUT2D eigenvalue weighted by molar-refractivity contribution is -0.111. The molecule has 1 aliphatic heterocycles. The fraction of sp³-hybridized carbons (Fsp3) is 0.476. The molecule has 0 bridgehead atoms. The van der Waals surface area contributed by atoms with Gasteiger partial charge in [0.1, 0.15) is 6.29 Å². The molecule has 2 heterocycles. The highest BCUT2D eigenvalue weighted by Gasteiger charge is 2.27. The van der Waals surface area contributed by atoms with Gasteiger partial charge in [-0.15, -0.1) is 11.3 Å². The van der Waals surface area contributed by atoms with E-state index in [-0.39, 0.29) is 5.92 Å². The highest BCUT2D eigenvalue weighted by molar-refractivity contribution is 7.18. The van der Waals surface area contributed by atoms with Gasteiger partial charge < -0.3 is 14.8 Å². The lowest BCUT2D eigenvalue weighted by Crippen LogP contribution is -2.26. The normalized spacial score (nSPS) is 23.1. The lowest BCUT2D eigenvalue weighted by atomic mass is 9.83. The molecule has 0 saturated heterocycles. The molecule has 4 rings (SSSR count). The van der Waals surface area contributed by atoms with E-state index in [0.717, 1.165) is 58.4 Å². The summed E-state index contributed by atoms with van der Waals surface area (Å²) < 4.78 is 1.14. The second-order valence-corrected chi connectivity index (χ2v) is 9.04. The number of fused-ring (bicyclic) bond motifs is 1. The van der Waals surface area contributed by atoms with Crippen molar-refractivity contribution in [3.05, 3.63) is 35.1 Å². The van der Waals surface area contributed by atoms with E-state index in [1.165, 1.54) is 0 Å². The van der Waals surface area contributed by atoms with Crippen molar-refractivity contribution in [2.24, 2.45) is 10.9 Å². The summed E-state index contributed by atoms with van der Waals surface area (Å²) in [5.74, 6) is 0.659. The summed E-state index contributed by atoms with van der Waals surface area (Å²) in [6, 6.07) is 4.17. The Morgan fingerprint density at radius 3 is 2.67 bits per heavy atom. The number of hydrogen-bond donors (Lipinski definition) is 1. The molecule has 27 heavy (non-hydrogen) atoms. The van der Waals surface area contributed by atoms with Crippen molar-refractivity contribution in [3.63, 3.8) is 0 Å². The molecule has 1 aromatic heterocycles. The van der Waals surface area contributed by atoms with E-state index in [2.05, 4.69) is 16.0 Å². The number of aliphatic hydroxyl groups is 1. The maximum absolute atomic E-state index is 11.0. The Balaban J connectivity index is 1.72. The molecule has 0 amide bonds. The van der Waals surface area contributed by atoms with Crippen molar-refractivity contribution < 1.29 is 9.90 Å². The molecule has 0 spiro atoms. The average Bonchev–Trinajstić information content (AvgIpc) is 3.10. The van der Waals surface area contributed by atoms with Crippen LogP contribution in [0.5, 0.6) is 0 Å². The molecular formula is C21H25N3O2S. The van der Waals surface area contributed by atoms with Gasteiger partial charge in [-0.1, -0.05) is 0 Å². The molecule has 0 unspecified atom stereocenters. The number of carbonyl (C=O) groups excluding carboxylic acids is 1. The predicted molar refractivity (Wildman–Crippen MR) is 111 cm³/mol. The average molecular weight is 384 g/mol. The van der Waals surface area contributed by atoms with Crippen LogP contribution in [0.3, 0.4) is 0 Å². The summed E-state index contributed by atoms with van der Waals surface area (Å²) in [6.45, 7) is 4.31. The number of anilines is 1. The highest BCUT2D eigenvalue weighted by Crippen LogP contribution is 2.41. The Bertz CT molecular complexity index is 902. The van der Waals surface area contributed by atoms with Crippen LogP contribution in [0.25, 0.3) is 10.2 Å². The number of benzene rings is 1. The number of carbonyl (C=O) groups is 1. The number of rotatable bonds is 4. The maximum atomic E-state index is 11.0. The summed E-state index contributed by atoms with van der Waals surface area (Å²) in [5, 5.41) is 11.9. The number of aromatic nitrogens is 1. The van der Waals surface area contributed by atoms with Crippen LogP contribution in [0.4, 0.5) is 5.69 Å². The van der Waals surface area contributed by atoms with Crippen LogP contribution < -0.4 is 4.90 Å². The highest BCUT2D eigenvalue weighted by atomic mass is 32.1. The number of aliphatic imine (C=N–C) groups is 1. The topological polar surface area (TPSA) is 65.8 Å². The van der Waals surface area contributed by atoms with E-state index in [0.29, 0.717) is 12.5 Å². The molecular weight excluding hydrogens is 358 g/mol. The standard InChI is InChI=1S/C21H25N3O2S/c1-21(2,26)16-11-17-19(12-18(16)24-9-7-22-8-10-24)27-20(23-17)15-5-3-14(13-25)4-6-15/h7-9,11-15,26H,3-6,10H2,1-2H3. The van der Waals surface area contributed by atoms with Crippen LogP contribution in [0, 0.1) is 5.92 Å². The molecule has 0 atom stereocenters. The van der Waals surface area contributed by atoms with Crippen molar-refractivity contribution in [1.82, 2.24) is 4.98 Å². The molecule has 0 radical (unpaired) electrons. The minimum atomic E-state index is -0.961. The largest absolute Gasteiger partial charge is 0.386 e. The molecule has 2 aliphatic rings. The molecule has 1 saturated carbocycles. The summed E-state index contributed by atoms with van der Waals surface area (Å²) in [4.78, 5) is 22.2. The zero-order valence-electron chi connectivity index (χ0n) is 15.8. The van der Waals surface area contributed by atoms with Gasteiger partial charge in [-0.2, -0.15) is 0 Å². The minimum Gasteiger partial charge on any atom is -0.386 e. The number of aldehydes is 1. The molecule has 1 N–H and O–H groups in total. The van der Waals surface area contributed by atoms with Gasteiger partial charge in [0.05, 0.1) is 27.4 Å². The number of thiazole rings is 1. The fourth-order valence-electron chi connectivity index (χ4n) is 3.94. The molecule has 6 heteroatoms. The molecule has 1 aliphatic carbocycles. The third kappa shape index (κ3) is 3.69. The minimum absolute atomic E-state index is 0.219. The van der Waals surface area contributed by atoms with Crippen LogP contribution in [0.15, 0.2) is 29.5 Å². The zero-order chi connectivity index (χ0) is 19.0. The zero-order valence-corrected chi connectivity index (χ0v) is 16.6. The van der Waals surface area contributed by atoms with E-state index < -0.39 is 5.60 Å². The number of hydrogen-bond acceptors (Lipinski definition) is 6. The molecule has 142 valence electrons. The van der Waals surface area contributed by atoms with E-state index in [4.69, 9.17) is 4.98 Å². The van der Waals surface area contributed by atoms with Gasteiger partial charge in [0, 0.05) is 41.7 Å². The van der Waals surface area contributed by atoms with Crippen LogP contribution in [0.1, 0.15) is 56.0 Å². The smallest absolute Gasteiger partial charge is 0.123 e. The summed E-state index contributed by atoms with van der Waals surface area (Å²) in [7, 11) is 0. The Kier molecular flexibility index (Phi) is 4.86. The fourth-order valence-corrected chi connectivity index (χ4v) is 5.09. The second-order valence-electron chi connectivity index (χ2n) is 7.98. The van der Waals surface area contributed by atoms with Crippen LogP contribution in [-0.2, 0) is 10.4 Å². The molecule has 1 fully saturated rings. The lowest BCUT2D eigenvalue weighted by Gasteiger charge is -2.28. The van der Waals surface area contributed by atoms with Gasteiger partial charge in [-0.05, 0) is 51.7 Å². The van der Waals surface area contributed by atoms with Crippen molar-refractivity contribution >= 4 is 39.7 Å². The van der Waals surface area contributed by atoms with E-state index >= 15 is 0 Å². The summed E-state index contributed by atoms with van der Waals surface area (Å²) >= 11 is 1.74.